The van der Waals surface area contributed by atoms with Crippen LogP contribution in [0.25, 0.3) is 0 Å². The first kappa shape index (κ1) is 9.17. The van der Waals surface area contributed by atoms with E-state index in [1.165, 1.54) is 6.92 Å². The van der Waals surface area contributed by atoms with Gasteiger partial charge in [-0.3, -0.25) is 14.9 Å². The molecule has 0 bridgehead atoms. The average molecular weight is 186 g/mol. The van der Waals surface area contributed by atoms with Crippen molar-refractivity contribution < 1.29 is 19.3 Å². The normalized spacial score (nSPS) is 9.92. The van der Waals surface area contributed by atoms with E-state index in [4.69, 9.17) is 5.11 Å². The Balaban J connectivity index is 3.07. The highest BCUT2D eigenvalue weighted by Gasteiger charge is 2.25. The minimum absolute atomic E-state index is 0.0845. The van der Waals surface area contributed by atoms with Crippen LogP contribution in [-0.2, 0) is 11.2 Å². The summed E-state index contributed by atoms with van der Waals surface area (Å²) in [6.45, 7) is 1.38. The molecule has 0 fully saturated rings. The van der Waals surface area contributed by atoms with Gasteiger partial charge in [0.2, 0.25) is 5.76 Å². The van der Waals surface area contributed by atoms with Gasteiger partial charge in [0.05, 0.1) is 4.92 Å². The molecule has 0 amide bonds. The number of nitro groups is 1. The van der Waals surface area contributed by atoms with Crippen molar-refractivity contribution in [1.82, 2.24) is 5.16 Å². The quantitative estimate of drug-likeness (QED) is 0.544. The first-order valence-corrected chi connectivity index (χ1v) is 3.33. The number of aliphatic carboxylic acids is 1. The number of nitrogens with zero attached hydrogens (tertiary/aromatic N) is 2. The Morgan fingerprint density at radius 3 is 2.85 bits per heavy atom. The molecule has 7 heteroatoms. The average Bonchev–Trinajstić information content (AvgIpc) is 2.30. The summed E-state index contributed by atoms with van der Waals surface area (Å²) in [5, 5.41) is 22.1. The van der Waals surface area contributed by atoms with Gasteiger partial charge in [-0.1, -0.05) is 5.16 Å². The number of carbonyl (C=O) groups is 1. The monoisotopic (exact) mass is 186 g/mol. The van der Waals surface area contributed by atoms with Crippen LogP contribution in [0.1, 0.15) is 11.5 Å². The molecule has 0 aliphatic heterocycles. The SMILES string of the molecule is Cc1noc(CC(=O)O)c1[N+](=O)[O-]. The maximum absolute atomic E-state index is 10.4. The van der Waals surface area contributed by atoms with Gasteiger partial charge < -0.3 is 9.63 Å². The minimum Gasteiger partial charge on any atom is -0.481 e. The van der Waals surface area contributed by atoms with E-state index in [2.05, 4.69) is 9.68 Å². The molecule has 1 N–H and O–H groups in total. The van der Waals surface area contributed by atoms with Gasteiger partial charge in [0.15, 0.2) is 5.69 Å². The first-order chi connectivity index (χ1) is 6.02. The Bertz CT molecular complexity index is 356. The van der Waals surface area contributed by atoms with Crippen molar-refractivity contribution in [1.29, 1.82) is 0 Å². The largest absolute Gasteiger partial charge is 0.481 e. The molecule has 0 aliphatic carbocycles. The number of rotatable bonds is 3. The van der Waals surface area contributed by atoms with Crippen LogP contribution in [0.5, 0.6) is 0 Å². The Morgan fingerprint density at radius 2 is 2.38 bits per heavy atom. The summed E-state index contributed by atoms with van der Waals surface area (Å²) < 4.78 is 4.50. The van der Waals surface area contributed by atoms with Crippen LogP contribution in [0.3, 0.4) is 0 Å². The minimum atomic E-state index is -1.20. The van der Waals surface area contributed by atoms with Gasteiger partial charge in [-0.2, -0.15) is 0 Å². The molecule has 70 valence electrons. The predicted molar refractivity (Wildman–Crippen MR) is 39.2 cm³/mol. The Hall–Kier alpha value is -1.92. The molecule has 0 aromatic carbocycles. The highest BCUT2D eigenvalue weighted by atomic mass is 16.6. The summed E-state index contributed by atoms with van der Waals surface area (Å²) in [4.78, 5) is 19.9. The van der Waals surface area contributed by atoms with Crippen LogP contribution in [0.4, 0.5) is 5.69 Å². The van der Waals surface area contributed by atoms with Crippen LogP contribution in [0, 0.1) is 17.0 Å². The van der Waals surface area contributed by atoms with Crippen LogP contribution in [-0.4, -0.2) is 21.2 Å². The first-order valence-electron chi connectivity index (χ1n) is 3.33. The zero-order valence-corrected chi connectivity index (χ0v) is 6.68. The topological polar surface area (TPSA) is 106 Å². The van der Waals surface area contributed by atoms with Crippen molar-refractivity contribution in [2.24, 2.45) is 0 Å². The third-order valence-electron chi connectivity index (χ3n) is 1.39. The number of aromatic nitrogens is 1. The molecular formula is C6H6N2O5. The van der Waals surface area contributed by atoms with Gasteiger partial charge in [0.25, 0.3) is 0 Å². The van der Waals surface area contributed by atoms with E-state index in [1.807, 2.05) is 0 Å². The van der Waals surface area contributed by atoms with E-state index in [0.717, 1.165) is 0 Å². The third kappa shape index (κ3) is 1.81. The smallest absolute Gasteiger partial charge is 0.335 e. The van der Waals surface area contributed by atoms with Gasteiger partial charge in [-0.25, -0.2) is 0 Å². The van der Waals surface area contributed by atoms with Crippen LogP contribution >= 0.6 is 0 Å². The molecule has 0 saturated carbocycles. The van der Waals surface area contributed by atoms with E-state index in [1.54, 1.807) is 0 Å². The fraction of sp³-hybridized carbons (Fsp3) is 0.333. The summed E-state index contributed by atoms with van der Waals surface area (Å²) in [6.07, 6.45) is -0.531. The number of hydrogen-bond donors (Lipinski definition) is 1. The van der Waals surface area contributed by atoms with Gasteiger partial charge in [-0.15, -0.1) is 0 Å². The lowest BCUT2D eigenvalue weighted by Gasteiger charge is -1.89. The van der Waals surface area contributed by atoms with Crippen molar-refractivity contribution in [3.8, 4) is 0 Å². The Kier molecular flexibility index (Phi) is 2.27. The van der Waals surface area contributed by atoms with E-state index in [9.17, 15) is 14.9 Å². The van der Waals surface area contributed by atoms with E-state index < -0.39 is 17.3 Å². The maximum atomic E-state index is 10.4. The van der Waals surface area contributed by atoms with Crippen molar-refractivity contribution in [3.63, 3.8) is 0 Å². The fourth-order valence-electron chi connectivity index (χ4n) is 0.899. The summed E-state index contributed by atoms with van der Waals surface area (Å²) >= 11 is 0. The molecule has 13 heavy (non-hydrogen) atoms. The highest BCUT2D eigenvalue weighted by molar-refractivity contribution is 5.70. The van der Waals surface area contributed by atoms with Crippen LogP contribution in [0.15, 0.2) is 4.52 Å². The third-order valence-corrected chi connectivity index (χ3v) is 1.39. The lowest BCUT2D eigenvalue weighted by atomic mass is 10.2. The van der Waals surface area contributed by atoms with Crippen LogP contribution in [0.2, 0.25) is 0 Å². The van der Waals surface area contributed by atoms with E-state index in [0.29, 0.717) is 0 Å². The van der Waals surface area contributed by atoms with Crippen molar-refractivity contribution in [3.05, 3.63) is 21.6 Å². The van der Waals surface area contributed by atoms with Gasteiger partial charge in [0.1, 0.15) is 6.42 Å². The fourth-order valence-corrected chi connectivity index (χ4v) is 0.899. The number of carboxylic acids is 1. The Labute approximate surface area is 72.1 Å². The summed E-state index contributed by atoms with van der Waals surface area (Å²) in [6, 6.07) is 0. The molecule has 0 atom stereocenters. The van der Waals surface area contributed by atoms with Crippen LogP contribution < -0.4 is 0 Å². The second-order valence-electron chi connectivity index (χ2n) is 2.37. The molecule has 1 aromatic rings. The van der Waals surface area contributed by atoms with Crippen molar-refractivity contribution in [2.75, 3.05) is 0 Å². The lowest BCUT2D eigenvalue weighted by Crippen LogP contribution is -2.01. The number of aryl methyl sites for hydroxylation is 1. The summed E-state index contributed by atoms with van der Waals surface area (Å²) in [5.41, 5.74) is -0.274. The second kappa shape index (κ2) is 3.21. The zero-order valence-electron chi connectivity index (χ0n) is 6.68. The van der Waals surface area contributed by atoms with E-state index in [-0.39, 0.29) is 17.1 Å². The summed E-state index contributed by atoms with van der Waals surface area (Å²) in [7, 11) is 0. The molecule has 0 saturated heterocycles. The molecule has 1 rings (SSSR count). The zero-order chi connectivity index (χ0) is 10.0. The standard InChI is InChI=1S/C6H6N2O5/c1-3-6(8(11)12)4(13-7-3)2-5(9)10/h2H2,1H3,(H,9,10). The van der Waals surface area contributed by atoms with Gasteiger partial charge >= 0.3 is 11.7 Å². The molecule has 0 spiro atoms. The number of carboxylic acid groups (broad SMARTS) is 1. The maximum Gasteiger partial charge on any atom is 0.335 e. The number of hydrogen-bond acceptors (Lipinski definition) is 5. The second-order valence-corrected chi connectivity index (χ2v) is 2.37. The van der Waals surface area contributed by atoms with Gasteiger partial charge in [0, 0.05) is 0 Å². The molecule has 1 heterocycles. The lowest BCUT2D eigenvalue weighted by molar-refractivity contribution is -0.386. The van der Waals surface area contributed by atoms with Crippen molar-refractivity contribution >= 4 is 11.7 Å². The van der Waals surface area contributed by atoms with Gasteiger partial charge in [-0.05, 0) is 6.92 Å². The Morgan fingerprint density at radius 1 is 1.77 bits per heavy atom. The van der Waals surface area contributed by atoms with Crippen molar-refractivity contribution in [2.45, 2.75) is 13.3 Å². The highest BCUT2D eigenvalue weighted by Crippen LogP contribution is 2.22. The molecule has 0 unspecified atom stereocenters. The van der Waals surface area contributed by atoms with E-state index >= 15 is 0 Å². The molecule has 0 radical (unpaired) electrons. The predicted octanol–water partition coefficient (Wildman–Crippen LogP) is 0.518. The molecular weight excluding hydrogens is 180 g/mol. The molecule has 1 aromatic heterocycles. The summed E-state index contributed by atoms with van der Waals surface area (Å²) in [5.74, 6) is -1.42. The molecule has 0 aliphatic rings. The molecule has 7 nitrogen and oxygen atoms in total.